The Hall–Kier alpha value is -1.62. The smallest absolute Gasteiger partial charge is 0.314 e. The van der Waals surface area contributed by atoms with Crippen LogP contribution in [0.3, 0.4) is 0 Å². The van der Waals surface area contributed by atoms with Gasteiger partial charge in [0.15, 0.2) is 11.6 Å². The van der Waals surface area contributed by atoms with Crippen LogP contribution in [0.2, 0.25) is 0 Å². The highest BCUT2D eigenvalue weighted by molar-refractivity contribution is 5.75. The summed E-state index contributed by atoms with van der Waals surface area (Å²) in [6, 6.07) is 4.51. The third-order valence-electron chi connectivity index (χ3n) is 2.56. The number of benzene rings is 1. The van der Waals surface area contributed by atoms with Crippen LogP contribution in [-0.2, 0) is 16.1 Å². The summed E-state index contributed by atoms with van der Waals surface area (Å²) in [6.07, 6.45) is 0. The van der Waals surface area contributed by atoms with Crippen molar-refractivity contribution in [3.05, 3.63) is 29.6 Å². The molecule has 0 unspecified atom stereocenters. The van der Waals surface area contributed by atoms with Crippen molar-refractivity contribution in [2.75, 3.05) is 13.7 Å². The highest BCUT2D eigenvalue weighted by Gasteiger charge is 2.30. The predicted molar refractivity (Wildman–Crippen MR) is 65.6 cm³/mol. The third-order valence-corrected chi connectivity index (χ3v) is 2.56. The molecule has 1 aromatic carbocycles. The molecule has 0 bridgehead atoms. The lowest BCUT2D eigenvalue weighted by Crippen LogP contribution is -2.32. The molecular formula is C13H18FNO3. The first-order valence-corrected chi connectivity index (χ1v) is 5.60. The number of rotatable bonds is 5. The lowest BCUT2D eigenvalue weighted by molar-refractivity contribution is -0.152. The van der Waals surface area contributed by atoms with Crippen LogP contribution in [-0.4, -0.2) is 19.7 Å². The van der Waals surface area contributed by atoms with E-state index in [0.29, 0.717) is 5.56 Å². The first kappa shape index (κ1) is 14.4. The Morgan fingerprint density at radius 1 is 1.44 bits per heavy atom. The van der Waals surface area contributed by atoms with Crippen molar-refractivity contribution in [1.82, 2.24) is 0 Å². The summed E-state index contributed by atoms with van der Waals surface area (Å²) in [5.41, 5.74) is 5.26. The molecule has 0 atom stereocenters. The second kappa shape index (κ2) is 5.82. The maximum atomic E-state index is 13.6. The van der Waals surface area contributed by atoms with Crippen LogP contribution in [0, 0.1) is 11.2 Å². The molecular weight excluding hydrogens is 237 g/mol. The number of halogens is 1. The van der Waals surface area contributed by atoms with Gasteiger partial charge in [-0.1, -0.05) is 6.07 Å². The van der Waals surface area contributed by atoms with Crippen molar-refractivity contribution in [3.63, 3.8) is 0 Å². The molecule has 1 aromatic rings. The van der Waals surface area contributed by atoms with Gasteiger partial charge < -0.3 is 15.2 Å². The zero-order valence-corrected chi connectivity index (χ0v) is 10.8. The van der Waals surface area contributed by atoms with Crippen molar-refractivity contribution in [1.29, 1.82) is 0 Å². The van der Waals surface area contributed by atoms with E-state index in [-0.39, 0.29) is 18.9 Å². The van der Waals surface area contributed by atoms with E-state index in [1.807, 2.05) is 0 Å². The van der Waals surface area contributed by atoms with Crippen LogP contribution >= 0.6 is 0 Å². The molecule has 0 saturated heterocycles. The molecule has 100 valence electrons. The van der Waals surface area contributed by atoms with Gasteiger partial charge in [-0.3, -0.25) is 4.79 Å². The molecule has 0 radical (unpaired) electrons. The number of ether oxygens (including phenoxy) is 2. The van der Waals surface area contributed by atoms with Crippen LogP contribution in [0.4, 0.5) is 4.39 Å². The van der Waals surface area contributed by atoms with E-state index in [0.717, 1.165) is 0 Å². The largest absolute Gasteiger partial charge is 0.489 e. The Balaban J connectivity index is 2.72. The summed E-state index contributed by atoms with van der Waals surface area (Å²) in [5, 5.41) is 0. The van der Waals surface area contributed by atoms with Gasteiger partial charge in [-0.25, -0.2) is 4.39 Å². The van der Waals surface area contributed by atoms with Crippen molar-refractivity contribution in [3.8, 4) is 5.75 Å². The Morgan fingerprint density at radius 2 is 2.11 bits per heavy atom. The molecule has 2 N–H and O–H groups in total. The summed E-state index contributed by atoms with van der Waals surface area (Å²) >= 11 is 0. The molecule has 1 rings (SSSR count). The van der Waals surface area contributed by atoms with Crippen molar-refractivity contribution in [2.45, 2.75) is 20.4 Å². The number of carbonyl (C=O) groups is 1. The molecule has 0 aliphatic rings. The number of esters is 1. The molecule has 0 aliphatic carbocycles. The topological polar surface area (TPSA) is 61.5 Å². The minimum Gasteiger partial charge on any atom is -0.489 e. The van der Waals surface area contributed by atoms with E-state index >= 15 is 0 Å². The Bertz CT molecular complexity index is 432. The minimum atomic E-state index is -0.826. The molecule has 0 spiro atoms. The van der Waals surface area contributed by atoms with E-state index < -0.39 is 17.2 Å². The molecule has 0 fully saturated rings. The fourth-order valence-corrected chi connectivity index (χ4v) is 1.38. The zero-order valence-electron chi connectivity index (χ0n) is 10.8. The Labute approximate surface area is 106 Å². The quantitative estimate of drug-likeness (QED) is 0.816. The lowest BCUT2D eigenvalue weighted by atomic mass is 9.95. The molecule has 0 aromatic heterocycles. The highest BCUT2D eigenvalue weighted by Crippen LogP contribution is 2.23. The molecule has 0 amide bonds. The third kappa shape index (κ3) is 3.43. The average molecular weight is 255 g/mol. The fraction of sp³-hybridized carbons (Fsp3) is 0.462. The van der Waals surface area contributed by atoms with Gasteiger partial charge >= 0.3 is 5.97 Å². The molecule has 5 heteroatoms. The molecule has 18 heavy (non-hydrogen) atoms. The number of hydrogen-bond donors (Lipinski definition) is 1. The van der Waals surface area contributed by atoms with Gasteiger partial charge in [0, 0.05) is 6.54 Å². The molecule has 4 nitrogen and oxygen atoms in total. The maximum Gasteiger partial charge on any atom is 0.314 e. The van der Waals surface area contributed by atoms with E-state index in [2.05, 4.69) is 4.74 Å². The van der Waals surface area contributed by atoms with Gasteiger partial charge in [-0.2, -0.15) is 0 Å². The van der Waals surface area contributed by atoms with Crippen molar-refractivity contribution in [2.24, 2.45) is 11.1 Å². The molecule has 0 saturated carbocycles. The standard InChI is InChI=1S/C13H18FNO3/c1-13(2,12(16)17-3)8-18-11-5-4-9(7-15)6-10(11)14/h4-6H,7-8,15H2,1-3H3. The normalized spacial score (nSPS) is 11.2. The van der Waals surface area contributed by atoms with Gasteiger partial charge in [0.2, 0.25) is 0 Å². The van der Waals surface area contributed by atoms with E-state index in [1.54, 1.807) is 19.9 Å². The molecule has 0 aliphatic heterocycles. The first-order chi connectivity index (χ1) is 8.40. The number of hydrogen-bond acceptors (Lipinski definition) is 4. The SMILES string of the molecule is COC(=O)C(C)(C)COc1ccc(CN)cc1F. The second-order valence-corrected chi connectivity index (χ2v) is 4.63. The predicted octanol–water partition coefficient (Wildman–Crippen LogP) is 1.86. The van der Waals surface area contributed by atoms with Crippen LogP contribution in [0.25, 0.3) is 0 Å². The first-order valence-electron chi connectivity index (χ1n) is 5.60. The summed E-state index contributed by atoms with van der Waals surface area (Å²) in [4.78, 5) is 11.4. The minimum absolute atomic E-state index is 0.0402. The zero-order chi connectivity index (χ0) is 13.8. The van der Waals surface area contributed by atoms with Gasteiger partial charge in [-0.05, 0) is 31.5 Å². The van der Waals surface area contributed by atoms with E-state index in [4.69, 9.17) is 10.5 Å². The maximum absolute atomic E-state index is 13.6. The van der Waals surface area contributed by atoms with E-state index in [1.165, 1.54) is 19.2 Å². The van der Waals surface area contributed by atoms with Crippen LogP contribution < -0.4 is 10.5 Å². The van der Waals surface area contributed by atoms with Gasteiger partial charge in [-0.15, -0.1) is 0 Å². The van der Waals surface area contributed by atoms with Gasteiger partial charge in [0.1, 0.15) is 6.61 Å². The summed E-state index contributed by atoms with van der Waals surface area (Å²) < 4.78 is 23.5. The summed E-state index contributed by atoms with van der Waals surface area (Å²) in [5.74, 6) is -0.788. The Morgan fingerprint density at radius 3 is 2.61 bits per heavy atom. The number of methoxy groups -OCH3 is 1. The van der Waals surface area contributed by atoms with E-state index in [9.17, 15) is 9.18 Å². The van der Waals surface area contributed by atoms with Crippen LogP contribution in [0.5, 0.6) is 5.75 Å². The highest BCUT2D eigenvalue weighted by atomic mass is 19.1. The van der Waals surface area contributed by atoms with Crippen molar-refractivity contribution >= 4 is 5.97 Å². The van der Waals surface area contributed by atoms with Gasteiger partial charge in [0.25, 0.3) is 0 Å². The Kier molecular flexibility index (Phi) is 4.67. The summed E-state index contributed by atoms with van der Waals surface area (Å²) in [6.45, 7) is 3.65. The van der Waals surface area contributed by atoms with Crippen LogP contribution in [0.1, 0.15) is 19.4 Å². The molecule has 0 heterocycles. The van der Waals surface area contributed by atoms with Crippen LogP contribution in [0.15, 0.2) is 18.2 Å². The second-order valence-electron chi connectivity index (χ2n) is 4.63. The van der Waals surface area contributed by atoms with Crippen molar-refractivity contribution < 1.29 is 18.7 Å². The number of carbonyl (C=O) groups excluding carboxylic acids is 1. The van der Waals surface area contributed by atoms with Gasteiger partial charge in [0.05, 0.1) is 12.5 Å². The monoisotopic (exact) mass is 255 g/mol. The number of nitrogens with two attached hydrogens (primary N) is 1. The summed E-state index contributed by atoms with van der Waals surface area (Å²) in [7, 11) is 1.31. The average Bonchev–Trinajstić information content (AvgIpc) is 2.36. The fourth-order valence-electron chi connectivity index (χ4n) is 1.38. The lowest BCUT2D eigenvalue weighted by Gasteiger charge is -2.21.